The van der Waals surface area contributed by atoms with Crippen molar-refractivity contribution in [2.75, 3.05) is 20.6 Å². The van der Waals surface area contributed by atoms with Gasteiger partial charge < -0.3 is 4.90 Å². The number of fused-ring (bicyclic) bond motifs is 3. The van der Waals surface area contributed by atoms with E-state index in [1.165, 1.54) is 27.9 Å². The summed E-state index contributed by atoms with van der Waals surface area (Å²) in [4.78, 5) is 2.23. The third-order valence-corrected chi connectivity index (χ3v) is 5.01. The lowest BCUT2D eigenvalue weighted by Gasteiger charge is -2.36. The third-order valence-electron chi connectivity index (χ3n) is 5.01. The second-order valence-electron chi connectivity index (χ2n) is 7.78. The number of nitrogens with zero attached hydrogens (tertiary/aromatic N) is 1. The first kappa shape index (κ1) is 17.0. The van der Waals surface area contributed by atoms with Gasteiger partial charge in [0.2, 0.25) is 0 Å². The number of rotatable bonds is 2. The summed E-state index contributed by atoms with van der Waals surface area (Å²) in [5.74, 6) is 0.492. The number of hydrogen-bond donors (Lipinski definition) is 0. The molecule has 0 saturated heterocycles. The summed E-state index contributed by atoms with van der Waals surface area (Å²) in [5.41, 5.74) is 7.25. The van der Waals surface area contributed by atoms with E-state index in [1.807, 2.05) is 0 Å². The van der Waals surface area contributed by atoms with Crippen LogP contribution >= 0.6 is 0 Å². The van der Waals surface area contributed by atoms with Crippen molar-refractivity contribution >= 4 is 0 Å². The molecule has 3 rings (SSSR count). The molecule has 0 radical (unpaired) electrons. The zero-order valence-corrected chi connectivity index (χ0v) is 15.6. The molecule has 1 nitrogen and oxygen atoms in total. The molecule has 0 aromatic heterocycles. The molecule has 0 aromatic rings. The van der Waals surface area contributed by atoms with E-state index in [9.17, 15) is 0 Å². The van der Waals surface area contributed by atoms with Crippen molar-refractivity contribution in [2.45, 2.75) is 27.2 Å². The van der Waals surface area contributed by atoms with E-state index in [2.05, 4.69) is 94.5 Å². The first-order chi connectivity index (χ1) is 11.4. The summed E-state index contributed by atoms with van der Waals surface area (Å²) in [7, 11) is 4.27. The maximum Gasteiger partial charge on any atom is 0.0166 e. The van der Waals surface area contributed by atoms with E-state index in [0.717, 1.165) is 13.0 Å². The van der Waals surface area contributed by atoms with Crippen molar-refractivity contribution in [3.05, 3.63) is 82.5 Å². The molecule has 0 aliphatic heterocycles. The zero-order chi connectivity index (χ0) is 17.3. The molecule has 1 atom stereocenters. The average Bonchev–Trinajstić information content (AvgIpc) is 2.69. The van der Waals surface area contributed by atoms with E-state index in [-0.39, 0.29) is 5.41 Å². The van der Waals surface area contributed by atoms with Gasteiger partial charge in [0.1, 0.15) is 0 Å². The van der Waals surface area contributed by atoms with Crippen molar-refractivity contribution in [3.63, 3.8) is 0 Å². The van der Waals surface area contributed by atoms with Gasteiger partial charge in [-0.2, -0.15) is 0 Å². The normalized spacial score (nSPS) is 28.2. The highest BCUT2D eigenvalue weighted by Gasteiger charge is 2.34. The van der Waals surface area contributed by atoms with Crippen molar-refractivity contribution < 1.29 is 0 Å². The summed E-state index contributed by atoms with van der Waals surface area (Å²) in [6, 6.07) is 0. The predicted octanol–water partition coefficient (Wildman–Crippen LogP) is 5.39. The molecule has 1 unspecified atom stereocenters. The second-order valence-corrected chi connectivity index (χ2v) is 7.78. The Morgan fingerprint density at radius 1 is 1.17 bits per heavy atom. The zero-order valence-electron chi connectivity index (χ0n) is 15.6. The van der Waals surface area contributed by atoms with E-state index < -0.39 is 0 Å². The largest absolute Gasteiger partial charge is 0.306 e. The highest BCUT2D eigenvalue weighted by Crippen LogP contribution is 2.49. The summed E-state index contributed by atoms with van der Waals surface area (Å²) in [6.07, 6.45) is 22.0. The molecule has 24 heavy (non-hydrogen) atoms. The summed E-state index contributed by atoms with van der Waals surface area (Å²) < 4.78 is 0. The molecule has 1 heteroatoms. The Morgan fingerprint density at radius 2 is 1.96 bits per heavy atom. The van der Waals surface area contributed by atoms with Gasteiger partial charge in [-0.25, -0.2) is 0 Å². The van der Waals surface area contributed by atoms with Crippen LogP contribution in [0.1, 0.15) is 27.2 Å². The molecule has 1 fully saturated rings. The van der Waals surface area contributed by atoms with Crippen LogP contribution in [0.3, 0.4) is 0 Å². The Labute approximate surface area is 147 Å². The van der Waals surface area contributed by atoms with E-state index >= 15 is 0 Å². The number of allylic oxidation sites excluding steroid dienone is 13. The van der Waals surface area contributed by atoms with Crippen LogP contribution in [0, 0.1) is 11.3 Å². The molecule has 0 spiro atoms. The molecular weight excluding hydrogens is 290 g/mol. The van der Waals surface area contributed by atoms with Crippen LogP contribution in [0.4, 0.5) is 0 Å². The summed E-state index contributed by atoms with van der Waals surface area (Å²) >= 11 is 0. The molecular formula is C23H29N. The Hall–Kier alpha value is -1.86. The molecule has 0 heterocycles. The lowest BCUT2D eigenvalue weighted by molar-refractivity contribution is 0.455. The molecule has 0 bridgehead atoms. The van der Waals surface area contributed by atoms with Crippen LogP contribution in [0.25, 0.3) is 0 Å². The first-order valence-electron chi connectivity index (χ1n) is 8.94. The Balaban J connectivity index is 2.21. The molecule has 3 aliphatic carbocycles. The topological polar surface area (TPSA) is 3.24 Å². The highest BCUT2D eigenvalue weighted by molar-refractivity contribution is 5.71. The van der Waals surface area contributed by atoms with Crippen molar-refractivity contribution in [2.24, 2.45) is 11.3 Å². The second kappa shape index (κ2) is 6.57. The van der Waals surface area contributed by atoms with Gasteiger partial charge in [0.05, 0.1) is 0 Å². The SMILES string of the molecule is CC=C1/C(=C\CN(C)C)C2=CC(C)(C)C=CC=C2C2=CC=CCC21. The maximum atomic E-state index is 2.45. The van der Waals surface area contributed by atoms with E-state index in [1.54, 1.807) is 0 Å². The average molecular weight is 319 g/mol. The minimum Gasteiger partial charge on any atom is -0.306 e. The van der Waals surface area contributed by atoms with Crippen LogP contribution in [-0.2, 0) is 0 Å². The molecule has 3 aliphatic rings. The fraction of sp³-hybridized carbons (Fsp3) is 0.391. The van der Waals surface area contributed by atoms with Crippen LogP contribution in [-0.4, -0.2) is 25.5 Å². The van der Waals surface area contributed by atoms with Crippen molar-refractivity contribution in [1.82, 2.24) is 4.90 Å². The van der Waals surface area contributed by atoms with Crippen LogP contribution in [0.2, 0.25) is 0 Å². The fourth-order valence-electron chi connectivity index (χ4n) is 3.86. The smallest absolute Gasteiger partial charge is 0.0166 e. The van der Waals surface area contributed by atoms with Crippen molar-refractivity contribution in [3.8, 4) is 0 Å². The van der Waals surface area contributed by atoms with Crippen LogP contribution in [0.15, 0.2) is 82.5 Å². The Morgan fingerprint density at radius 3 is 2.67 bits per heavy atom. The predicted molar refractivity (Wildman–Crippen MR) is 105 cm³/mol. The maximum absolute atomic E-state index is 2.45. The summed E-state index contributed by atoms with van der Waals surface area (Å²) in [5, 5.41) is 0. The first-order valence-corrected chi connectivity index (χ1v) is 8.94. The fourth-order valence-corrected chi connectivity index (χ4v) is 3.86. The Bertz CT molecular complexity index is 730. The Kier molecular flexibility index (Phi) is 4.64. The highest BCUT2D eigenvalue weighted by atomic mass is 15.0. The van der Waals surface area contributed by atoms with Crippen molar-refractivity contribution in [1.29, 1.82) is 0 Å². The van der Waals surface area contributed by atoms with Gasteiger partial charge in [-0.1, -0.05) is 68.5 Å². The van der Waals surface area contributed by atoms with Gasteiger partial charge in [-0.15, -0.1) is 0 Å². The summed E-state index contributed by atoms with van der Waals surface area (Å²) in [6.45, 7) is 7.72. The lowest BCUT2D eigenvalue weighted by Crippen LogP contribution is -2.23. The minimum atomic E-state index is 0.0710. The van der Waals surface area contributed by atoms with E-state index in [0.29, 0.717) is 5.92 Å². The number of likely N-dealkylation sites (N-methyl/N-ethyl adjacent to an activating group) is 1. The van der Waals surface area contributed by atoms with Crippen LogP contribution < -0.4 is 0 Å². The van der Waals surface area contributed by atoms with Gasteiger partial charge in [0.15, 0.2) is 0 Å². The van der Waals surface area contributed by atoms with Gasteiger partial charge in [0, 0.05) is 17.9 Å². The van der Waals surface area contributed by atoms with Gasteiger partial charge in [-0.3, -0.25) is 0 Å². The minimum absolute atomic E-state index is 0.0710. The molecule has 0 amide bonds. The van der Waals surface area contributed by atoms with Gasteiger partial charge >= 0.3 is 0 Å². The van der Waals surface area contributed by atoms with E-state index in [4.69, 9.17) is 0 Å². The third kappa shape index (κ3) is 3.18. The quantitative estimate of drug-likeness (QED) is 0.660. The van der Waals surface area contributed by atoms with Gasteiger partial charge in [-0.05, 0) is 55.3 Å². The number of hydrogen-bond acceptors (Lipinski definition) is 1. The standard InChI is InChI=1S/C23H29N/c1-6-17-18-10-7-8-11-19(18)20-12-9-14-23(2,3)16-22(20)21(17)13-15-24(4)5/h6-9,11-14,16,18H,10,15H2,1-5H3/b17-6?,21-13+. The van der Waals surface area contributed by atoms with Gasteiger partial charge in [0.25, 0.3) is 0 Å². The molecule has 1 saturated carbocycles. The molecule has 126 valence electrons. The molecule has 0 aromatic carbocycles. The monoisotopic (exact) mass is 319 g/mol. The van der Waals surface area contributed by atoms with Crippen LogP contribution in [0.5, 0.6) is 0 Å². The lowest BCUT2D eigenvalue weighted by atomic mass is 9.67. The molecule has 0 N–H and O–H groups in total.